The van der Waals surface area contributed by atoms with E-state index in [1.807, 2.05) is 36.7 Å². The lowest BCUT2D eigenvalue weighted by Crippen LogP contribution is -2.46. The fourth-order valence-electron chi connectivity index (χ4n) is 3.70. The number of para-hydroxylation sites is 1. The molecule has 4 rings (SSSR count). The van der Waals surface area contributed by atoms with Gasteiger partial charge in [0.15, 0.2) is 0 Å². The lowest BCUT2D eigenvalue weighted by atomic mass is 10.1. The second kappa shape index (κ2) is 9.36. The molecule has 2 heterocycles. The molecule has 1 fully saturated rings. The standard InChI is InChI=1S/C23H26N4O3S/c1-30-22-4-2-3-5-23(22)31(28,29)25-18-19-6-8-20(9-7-19)26-14-16-27(17-15-26)21-10-12-24-13-11-21/h2-13,25H,14-18H2,1H3. The second-order valence-corrected chi connectivity index (χ2v) is 9.06. The lowest BCUT2D eigenvalue weighted by molar-refractivity contribution is 0.402. The zero-order valence-electron chi connectivity index (χ0n) is 17.4. The van der Waals surface area contributed by atoms with Crippen molar-refractivity contribution in [2.75, 3.05) is 43.1 Å². The molecule has 0 saturated carbocycles. The summed E-state index contributed by atoms with van der Waals surface area (Å²) in [5, 5.41) is 0. The minimum atomic E-state index is -3.66. The lowest BCUT2D eigenvalue weighted by Gasteiger charge is -2.37. The summed E-state index contributed by atoms with van der Waals surface area (Å²) in [4.78, 5) is 8.93. The molecule has 162 valence electrons. The molecule has 1 aliphatic heterocycles. The van der Waals surface area contributed by atoms with Gasteiger partial charge in [-0.2, -0.15) is 0 Å². The number of piperazine rings is 1. The highest BCUT2D eigenvalue weighted by Gasteiger charge is 2.19. The second-order valence-electron chi connectivity index (χ2n) is 7.32. The Labute approximate surface area is 183 Å². The van der Waals surface area contributed by atoms with Crippen molar-refractivity contribution < 1.29 is 13.2 Å². The largest absolute Gasteiger partial charge is 0.495 e. The Balaban J connectivity index is 1.35. The Bertz CT molecular complexity index is 1100. The first-order chi connectivity index (χ1) is 15.1. The highest BCUT2D eigenvalue weighted by atomic mass is 32.2. The van der Waals surface area contributed by atoms with Gasteiger partial charge in [-0.3, -0.25) is 4.98 Å². The number of anilines is 2. The first-order valence-electron chi connectivity index (χ1n) is 10.2. The molecule has 0 radical (unpaired) electrons. The molecule has 0 aliphatic carbocycles. The van der Waals surface area contributed by atoms with E-state index in [-0.39, 0.29) is 11.4 Å². The third-order valence-electron chi connectivity index (χ3n) is 5.43. The van der Waals surface area contributed by atoms with Gasteiger partial charge in [0.05, 0.1) is 7.11 Å². The molecule has 1 N–H and O–H groups in total. The summed E-state index contributed by atoms with van der Waals surface area (Å²) in [7, 11) is -2.20. The van der Waals surface area contributed by atoms with Crippen molar-refractivity contribution in [2.24, 2.45) is 0 Å². The van der Waals surface area contributed by atoms with Crippen LogP contribution in [0.4, 0.5) is 11.4 Å². The normalized spacial score (nSPS) is 14.5. The number of methoxy groups -OCH3 is 1. The predicted molar refractivity (Wildman–Crippen MR) is 122 cm³/mol. The van der Waals surface area contributed by atoms with Crippen molar-refractivity contribution in [2.45, 2.75) is 11.4 Å². The zero-order valence-corrected chi connectivity index (χ0v) is 18.3. The molecule has 0 bridgehead atoms. The van der Waals surface area contributed by atoms with Crippen LogP contribution in [0, 0.1) is 0 Å². The molecule has 0 amide bonds. The molecule has 0 spiro atoms. The maximum atomic E-state index is 12.6. The number of nitrogens with one attached hydrogen (secondary N) is 1. The Morgan fingerprint density at radius 3 is 2.06 bits per heavy atom. The fraction of sp³-hybridized carbons (Fsp3) is 0.261. The maximum Gasteiger partial charge on any atom is 0.244 e. The Morgan fingerprint density at radius 2 is 1.45 bits per heavy atom. The number of ether oxygens (including phenoxy) is 1. The van der Waals surface area contributed by atoms with Gasteiger partial charge in [-0.15, -0.1) is 0 Å². The van der Waals surface area contributed by atoms with Gasteiger partial charge in [-0.05, 0) is 42.0 Å². The number of nitrogens with zero attached hydrogens (tertiary/aromatic N) is 3. The van der Waals surface area contributed by atoms with Crippen molar-refractivity contribution in [3.8, 4) is 5.75 Å². The quantitative estimate of drug-likeness (QED) is 0.611. The first kappa shape index (κ1) is 21.1. The van der Waals surface area contributed by atoms with Crippen LogP contribution in [0.25, 0.3) is 0 Å². The van der Waals surface area contributed by atoms with Crippen LogP contribution < -0.4 is 19.3 Å². The van der Waals surface area contributed by atoms with Crippen molar-refractivity contribution >= 4 is 21.4 Å². The third-order valence-corrected chi connectivity index (χ3v) is 6.87. The van der Waals surface area contributed by atoms with Crippen LogP contribution in [0.15, 0.2) is 78.0 Å². The molecule has 0 unspecified atom stereocenters. The monoisotopic (exact) mass is 438 g/mol. The van der Waals surface area contributed by atoms with Crippen LogP contribution >= 0.6 is 0 Å². The SMILES string of the molecule is COc1ccccc1S(=O)(=O)NCc1ccc(N2CCN(c3ccncc3)CC2)cc1. The van der Waals surface area contributed by atoms with E-state index >= 15 is 0 Å². The molecule has 7 nitrogen and oxygen atoms in total. The summed E-state index contributed by atoms with van der Waals surface area (Å²) in [6, 6.07) is 18.7. The van der Waals surface area contributed by atoms with Gasteiger partial charge in [-0.25, -0.2) is 13.1 Å². The molecule has 31 heavy (non-hydrogen) atoms. The van der Waals surface area contributed by atoms with E-state index in [9.17, 15) is 8.42 Å². The van der Waals surface area contributed by atoms with Gasteiger partial charge in [0.1, 0.15) is 10.6 Å². The number of benzene rings is 2. The highest BCUT2D eigenvalue weighted by molar-refractivity contribution is 7.89. The van der Waals surface area contributed by atoms with Gasteiger partial charge in [-0.1, -0.05) is 24.3 Å². The fourth-order valence-corrected chi connectivity index (χ4v) is 4.89. The number of hydrogen-bond acceptors (Lipinski definition) is 6. The van der Waals surface area contributed by atoms with Gasteiger partial charge in [0, 0.05) is 56.5 Å². The van der Waals surface area contributed by atoms with Crippen LogP contribution in [0.1, 0.15) is 5.56 Å². The first-order valence-corrected chi connectivity index (χ1v) is 11.7. The van der Waals surface area contributed by atoms with Gasteiger partial charge in [0.2, 0.25) is 10.0 Å². The average molecular weight is 439 g/mol. The minimum Gasteiger partial charge on any atom is -0.495 e. The van der Waals surface area contributed by atoms with E-state index < -0.39 is 10.0 Å². The molecule has 1 aromatic heterocycles. The van der Waals surface area contributed by atoms with Crippen LogP contribution in [-0.2, 0) is 16.6 Å². The van der Waals surface area contributed by atoms with Crippen LogP contribution in [0.5, 0.6) is 5.75 Å². The van der Waals surface area contributed by atoms with Gasteiger partial charge >= 0.3 is 0 Å². The Kier molecular flexibility index (Phi) is 6.39. The van der Waals surface area contributed by atoms with E-state index in [0.717, 1.165) is 37.4 Å². The van der Waals surface area contributed by atoms with Gasteiger partial charge in [0.25, 0.3) is 0 Å². The summed E-state index contributed by atoms with van der Waals surface area (Å²) >= 11 is 0. The van der Waals surface area contributed by atoms with Crippen molar-refractivity contribution in [1.29, 1.82) is 0 Å². The smallest absolute Gasteiger partial charge is 0.244 e. The molecular weight excluding hydrogens is 412 g/mol. The van der Waals surface area contributed by atoms with Crippen molar-refractivity contribution in [1.82, 2.24) is 9.71 Å². The minimum absolute atomic E-state index is 0.140. The summed E-state index contributed by atoms with van der Waals surface area (Å²) in [6.45, 7) is 3.98. The molecular formula is C23H26N4O3S. The number of pyridine rings is 1. The summed E-state index contributed by atoms with van der Waals surface area (Å²) < 4.78 is 33.1. The van der Waals surface area contributed by atoms with Gasteiger partial charge < -0.3 is 14.5 Å². The van der Waals surface area contributed by atoms with Crippen molar-refractivity contribution in [3.05, 3.63) is 78.6 Å². The van der Waals surface area contributed by atoms with Crippen LogP contribution in [0.3, 0.4) is 0 Å². The van der Waals surface area contributed by atoms with E-state index in [1.165, 1.54) is 18.9 Å². The average Bonchev–Trinajstić information content (AvgIpc) is 2.84. The predicted octanol–water partition coefficient (Wildman–Crippen LogP) is 2.90. The van der Waals surface area contributed by atoms with E-state index in [1.54, 1.807) is 18.2 Å². The zero-order chi connectivity index (χ0) is 21.7. The molecule has 8 heteroatoms. The van der Waals surface area contributed by atoms with E-state index in [2.05, 4.69) is 31.6 Å². The number of hydrogen-bond donors (Lipinski definition) is 1. The summed E-state index contributed by atoms with van der Waals surface area (Å²) in [5.41, 5.74) is 3.25. The topological polar surface area (TPSA) is 74.8 Å². The molecule has 3 aromatic rings. The maximum absolute atomic E-state index is 12.6. The third kappa shape index (κ3) is 4.98. The summed E-state index contributed by atoms with van der Waals surface area (Å²) in [6.07, 6.45) is 3.64. The van der Waals surface area contributed by atoms with Crippen molar-refractivity contribution in [3.63, 3.8) is 0 Å². The van der Waals surface area contributed by atoms with E-state index in [0.29, 0.717) is 5.75 Å². The molecule has 1 aliphatic rings. The Hall–Kier alpha value is -3.10. The number of sulfonamides is 1. The van der Waals surface area contributed by atoms with Crippen LogP contribution in [0.2, 0.25) is 0 Å². The summed E-state index contributed by atoms with van der Waals surface area (Å²) in [5.74, 6) is 0.330. The highest BCUT2D eigenvalue weighted by Crippen LogP contribution is 2.23. The van der Waals surface area contributed by atoms with E-state index in [4.69, 9.17) is 4.74 Å². The number of aromatic nitrogens is 1. The Morgan fingerprint density at radius 1 is 0.871 bits per heavy atom. The number of rotatable bonds is 7. The molecule has 2 aromatic carbocycles. The molecule has 0 atom stereocenters. The van der Waals surface area contributed by atoms with Crippen LogP contribution in [-0.4, -0.2) is 46.7 Å². The molecule has 1 saturated heterocycles.